The molecular formula is C13H11ClO5S2. The van der Waals surface area contributed by atoms with Gasteiger partial charge >= 0.3 is 5.97 Å². The van der Waals surface area contributed by atoms with Gasteiger partial charge < -0.3 is 9.84 Å². The summed E-state index contributed by atoms with van der Waals surface area (Å²) in [6, 6.07) is 6.97. The van der Waals surface area contributed by atoms with Gasteiger partial charge in [0.2, 0.25) is 0 Å². The number of carbonyl (C=O) groups excluding carboxylic acids is 1. The Balaban J connectivity index is 2.28. The van der Waals surface area contributed by atoms with E-state index in [1.807, 2.05) is 0 Å². The Morgan fingerprint density at radius 3 is 2.57 bits per heavy atom. The van der Waals surface area contributed by atoms with Crippen molar-refractivity contribution < 1.29 is 23.1 Å². The number of thiophene rings is 1. The Bertz CT molecular complexity index is 780. The van der Waals surface area contributed by atoms with Gasteiger partial charge in [-0.3, -0.25) is 0 Å². The molecule has 1 aromatic heterocycles. The lowest BCUT2D eigenvalue weighted by molar-refractivity contribution is 0.0597. The number of methoxy groups -OCH3 is 1. The molecule has 1 N–H and O–H groups in total. The van der Waals surface area contributed by atoms with Crippen molar-refractivity contribution in [3.8, 4) is 5.75 Å². The Hall–Kier alpha value is -1.57. The summed E-state index contributed by atoms with van der Waals surface area (Å²) in [6.45, 7) is 0. The fourth-order valence-electron chi connectivity index (χ4n) is 1.70. The van der Waals surface area contributed by atoms with E-state index < -0.39 is 15.8 Å². The number of phenolic OH excluding ortho intramolecular Hbond substituents is 1. The maximum Gasteiger partial charge on any atom is 0.341 e. The SMILES string of the molecule is COC(=O)c1ccc(CS(=O)(=O)c2ccc(Cl)s2)cc1O. The smallest absolute Gasteiger partial charge is 0.341 e. The van der Waals surface area contributed by atoms with Gasteiger partial charge in [0.1, 0.15) is 15.5 Å². The van der Waals surface area contributed by atoms with Gasteiger partial charge in [-0.25, -0.2) is 13.2 Å². The second-order valence-electron chi connectivity index (χ2n) is 4.16. The van der Waals surface area contributed by atoms with E-state index in [9.17, 15) is 18.3 Å². The highest BCUT2D eigenvalue weighted by Crippen LogP contribution is 2.29. The quantitative estimate of drug-likeness (QED) is 0.861. The minimum Gasteiger partial charge on any atom is -0.507 e. The van der Waals surface area contributed by atoms with Crippen LogP contribution >= 0.6 is 22.9 Å². The molecule has 21 heavy (non-hydrogen) atoms. The highest BCUT2D eigenvalue weighted by molar-refractivity contribution is 7.92. The zero-order chi connectivity index (χ0) is 15.6. The highest BCUT2D eigenvalue weighted by atomic mass is 35.5. The molecule has 0 unspecified atom stereocenters. The van der Waals surface area contributed by atoms with Gasteiger partial charge in [-0.1, -0.05) is 17.7 Å². The molecular weight excluding hydrogens is 336 g/mol. The van der Waals surface area contributed by atoms with E-state index >= 15 is 0 Å². The van der Waals surface area contributed by atoms with Gasteiger partial charge in [0.25, 0.3) is 0 Å². The van der Waals surface area contributed by atoms with Crippen LogP contribution in [0.25, 0.3) is 0 Å². The minimum absolute atomic E-state index is 0.0159. The molecule has 0 atom stereocenters. The lowest BCUT2D eigenvalue weighted by atomic mass is 10.1. The molecule has 2 rings (SSSR count). The van der Waals surface area contributed by atoms with E-state index in [1.165, 1.54) is 37.4 Å². The summed E-state index contributed by atoms with van der Waals surface area (Å²) in [5, 5.41) is 9.75. The minimum atomic E-state index is -3.54. The average molecular weight is 347 g/mol. The van der Waals surface area contributed by atoms with Gasteiger partial charge in [-0.05, 0) is 29.8 Å². The first-order chi connectivity index (χ1) is 9.83. The predicted octanol–water partition coefficient (Wildman–Crippen LogP) is 2.87. The third-order valence-corrected chi connectivity index (χ3v) is 6.18. The number of esters is 1. The summed E-state index contributed by atoms with van der Waals surface area (Å²) in [5.41, 5.74) is 0.350. The number of hydrogen-bond donors (Lipinski definition) is 1. The monoisotopic (exact) mass is 346 g/mol. The molecule has 0 saturated carbocycles. The maximum atomic E-state index is 12.2. The van der Waals surface area contributed by atoms with Gasteiger partial charge in [0, 0.05) is 0 Å². The molecule has 0 aliphatic heterocycles. The number of sulfone groups is 1. The zero-order valence-corrected chi connectivity index (χ0v) is 13.3. The number of carbonyl (C=O) groups is 1. The molecule has 0 fully saturated rings. The van der Waals surface area contributed by atoms with E-state index in [0.29, 0.717) is 9.90 Å². The van der Waals surface area contributed by atoms with Crippen LogP contribution in [-0.2, 0) is 20.3 Å². The predicted molar refractivity (Wildman–Crippen MR) is 79.7 cm³/mol. The third-order valence-electron chi connectivity index (χ3n) is 2.68. The summed E-state index contributed by atoms with van der Waals surface area (Å²) in [7, 11) is -2.35. The summed E-state index contributed by atoms with van der Waals surface area (Å²) in [4.78, 5) is 11.3. The number of hydrogen-bond acceptors (Lipinski definition) is 6. The molecule has 1 aromatic carbocycles. The van der Waals surface area contributed by atoms with Crippen molar-refractivity contribution >= 4 is 38.7 Å². The summed E-state index contributed by atoms with van der Waals surface area (Å²) in [5.74, 6) is -1.30. The van der Waals surface area contributed by atoms with Crippen LogP contribution in [0.1, 0.15) is 15.9 Å². The Morgan fingerprint density at radius 1 is 1.33 bits per heavy atom. The van der Waals surface area contributed by atoms with Crippen LogP contribution in [0.4, 0.5) is 0 Å². The molecule has 0 aliphatic carbocycles. The first-order valence-electron chi connectivity index (χ1n) is 5.72. The van der Waals surface area contributed by atoms with Crippen LogP contribution in [0.5, 0.6) is 5.75 Å². The van der Waals surface area contributed by atoms with E-state index in [4.69, 9.17) is 11.6 Å². The van der Waals surface area contributed by atoms with Gasteiger partial charge in [-0.15, -0.1) is 11.3 Å². The number of halogens is 1. The molecule has 0 radical (unpaired) electrons. The van der Waals surface area contributed by atoms with Crippen molar-refractivity contribution in [2.75, 3.05) is 7.11 Å². The van der Waals surface area contributed by atoms with Gasteiger partial charge in [0.15, 0.2) is 9.84 Å². The van der Waals surface area contributed by atoms with Crippen molar-refractivity contribution in [3.05, 3.63) is 45.8 Å². The largest absolute Gasteiger partial charge is 0.507 e. The van der Waals surface area contributed by atoms with Crippen LogP contribution in [0.2, 0.25) is 4.34 Å². The van der Waals surface area contributed by atoms with E-state index in [2.05, 4.69) is 4.74 Å². The fourth-order valence-corrected chi connectivity index (χ4v) is 4.61. The van der Waals surface area contributed by atoms with Crippen molar-refractivity contribution in [3.63, 3.8) is 0 Å². The maximum absolute atomic E-state index is 12.2. The van der Waals surface area contributed by atoms with E-state index in [0.717, 1.165) is 11.3 Å². The Morgan fingerprint density at radius 2 is 2.05 bits per heavy atom. The Labute approximate surface area is 130 Å². The molecule has 5 nitrogen and oxygen atoms in total. The topological polar surface area (TPSA) is 80.7 Å². The number of aromatic hydroxyl groups is 1. The van der Waals surface area contributed by atoms with Crippen molar-refractivity contribution in [2.45, 2.75) is 9.96 Å². The molecule has 8 heteroatoms. The molecule has 0 saturated heterocycles. The lowest BCUT2D eigenvalue weighted by Crippen LogP contribution is -2.05. The summed E-state index contributed by atoms with van der Waals surface area (Å²) < 4.78 is 29.4. The molecule has 0 aliphatic rings. The fraction of sp³-hybridized carbons (Fsp3) is 0.154. The van der Waals surface area contributed by atoms with Crippen molar-refractivity contribution in [1.29, 1.82) is 0 Å². The summed E-state index contributed by atoms with van der Waals surface area (Å²) >= 11 is 6.70. The number of phenols is 1. The van der Waals surface area contributed by atoms with Crippen LogP contribution in [0.15, 0.2) is 34.5 Å². The summed E-state index contributed by atoms with van der Waals surface area (Å²) in [6.07, 6.45) is 0. The molecule has 2 aromatic rings. The molecule has 1 heterocycles. The van der Waals surface area contributed by atoms with Crippen LogP contribution < -0.4 is 0 Å². The van der Waals surface area contributed by atoms with Gasteiger partial charge in [0.05, 0.1) is 17.2 Å². The number of ether oxygens (including phenoxy) is 1. The van der Waals surface area contributed by atoms with E-state index in [-0.39, 0.29) is 21.3 Å². The average Bonchev–Trinajstić information content (AvgIpc) is 2.85. The lowest BCUT2D eigenvalue weighted by Gasteiger charge is -2.06. The van der Waals surface area contributed by atoms with Crippen molar-refractivity contribution in [2.24, 2.45) is 0 Å². The van der Waals surface area contributed by atoms with Gasteiger partial charge in [-0.2, -0.15) is 0 Å². The number of benzene rings is 1. The second-order valence-corrected chi connectivity index (χ2v) is 8.09. The molecule has 0 bridgehead atoms. The van der Waals surface area contributed by atoms with Crippen LogP contribution in [0.3, 0.4) is 0 Å². The number of rotatable bonds is 4. The zero-order valence-electron chi connectivity index (χ0n) is 10.9. The standard InChI is InChI=1S/C13H11ClO5S2/c1-19-13(16)9-3-2-8(6-10(9)15)7-21(17,18)12-5-4-11(14)20-12/h2-6,15H,7H2,1H3. The highest BCUT2D eigenvalue weighted by Gasteiger charge is 2.19. The van der Waals surface area contributed by atoms with Crippen LogP contribution in [0, 0.1) is 0 Å². The molecule has 0 amide bonds. The third kappa shape index (κ3) is 3.55. The molecule has 0 spiro atoms. The van der Waals surface area contributed by atoms with E-state index in [1.54, 1.807) is 0 Å². The normalized spacial score (nSPS) is 11.3. The first-order valence-corrected chi connectivity index (χ1v) is 8.56. The molecule has 112 valence electrons. The first kappa shape index (κ1) is 15.8. The Kier molecular flexibility index (Phi) is 4.55. The van der Waals surface area contributed by atoms with Crippen LogP contribution in [-0.4, -0.2) is 26.6 Å². The second kappa shape index (κ2) is 6.05. The van der Waals surface area contributed by atoms with Crippen molar-refractivity contribution in [1.82, 2.24) is 0 Å².